The van der Waals surface area contributed by atoms with Gasteiger partial charge in [0.25, 0.3) is 11.8 Å². The van der Waals surface area contributed by atoms with E-state index in [4.69, 9.17) is 16.3 Å². The number of carbonyl (C=O) groups is 2. The first kappa shape index (κ1) is 23.5. The molecule has 0 atom stereocenters. The molecule has 6 nitrogen and oxygen atoms in total. The van der Waals surface area contributed by atoms with E-state index in [0.717, 1.165) is 5.56 Å². The lowest BCUT2D eigenvalue weighted by atomic mass is 10.1. The fourth-order valence-electron chi connectivity index (χ4n) is 2.76. The van der Waals surface area contributed by atoms with E-state index < -0.39 is 11.7 Å². The van der Waals surface area contributed by atoms with E-state index in [1.165, 1.54) is 30.3 Å². The summed E-state index contributed by atoms with van der Waals surface area (Å²) in [5, 5.41) is 15.1. The fourth-order valence-corrected chi connectivity index (χ4v) is 2.94. The van der Waals surface area contributed by atoms with Crippen molar-refractivity contribution in [3.05, 3.63) is 94.3 Å². The third kappa shape index (κ3) is 6.92. The van der Waals surface area contributed by atoms with Crippen molar-refractivity contribution in [1.29, 1.82) is 5.26 Å². The molecule has 0 unspecified atom stereocenters. The van der Waals surface area contributed by atoms with Crippen molar-refractivity contribution in [3.63, 3.8) is 0 Å². The number of ether oxygens (including phenoxy) is 1. The number of amides is 2. The minimum Gasteiger partial charge on any atom is -0.484 e. The largest absolute Gasteiger partial charge is 0.484 e. The Hall–Kier alpha value is -4.15. The number of benzene rings is 3. The van der Waals surface area contributed by atoms with Crippen LogP contribution < -0.4 is 15.4 Å². The first-order valence-electron chi connectivity index (χ1n) is 9.81. The van der Waals surface area contributed by atoms with E-state index in [9.17, 15) is 19.2 Å². The Morgan fingerprint density at radius 2 is 1.79 bits per heavy atom. The standard InChI is InChI=1S/C25H19ClFN3O3/c1-16-5-8-21(13-23(16)26)29-24(31)15-33-22-4-2-3-17(12-22)11-18(14-28)25(32)30-20-9-6-19(27)7-10-20/h2-13H,15H2,1H3,(H,29,31)(H,30,32)/b18-11+. The van der Waals surface area contributed by atoms with Crippen LogP contribution in [-0.4, -0.2) is 18.4 Å². The highest BCUT2D eigenvalue weighted by Crippen LogP contribution is 2.20. The number of hydrogen-bond donors (Lipinski definition) is 2. The van der Waals surface area contributed by atoms with Gasteiger partial charge in [-0.25, -0.2) is 4.39 Å². The second kappa shape index (κ2) is 10.9. The zero-order chi connectivity index (χ0) is 23.8. The highest BCUT2D eigenvalue weighted by Gasteiger charge is 2.10. The molecule has 0 saturated heterocycles. The third-order valence-corrected chi connectivity index (χ3v) is 4.87. The Morgan fingerprint density at radius 3 is 2.48 bits per heavy atom. The number of nitriles is 1. The van der Waals surface area contributed by atoms with Gasteiger partial charge >= 0.3 is 0 Å². The van der Waals surface area contributed by atoms with Gasteiger partial charge in [0.1, 0.15) is 23.2 Å². The third-order valence-electron chi connectivity index (χ3n) is 4.46. The van der Waals surface area contributed by atoms with Crippen molar-refractivity contribution in [2.75, 3.05) is 17.2 Å². The number of rotatable bonds is 7. The average Bonchev–Trinajstić information content (AvgIpc) is 2.80. The number of halogens is 2. The monoisotopic (exact) mass is 463 g/mol. The van der Waals surface area contributed by atoms with Gasteiger partial charge in [-0.05, 0) is 72.7 Å². The number of nitrogens with zero attached hydrogens (tertiary/aromatic N) is 1. The van der Waals surface area contributed by atoms with Crippen LogP contribution in [0.2, 0.25) is 5.02 Å². The Balaban J connectivity index is 1.62. The molecular weight excluding hydrogens is 445 g/mol. The summed E-state index contributed by atoms with van der Waals surface area (Å²) in [6, 6.07) is 18.8. The van der Waals surface area contributed by atoms with E-state index in [0.29, 0.717) is 27.7 Å². The van der Waals surface area contributed by atoms with E-state index >= 15 is 0 Å². The van der Waals surface area contributed by atoms with E-state index in [-0.39, 0.29) is 18.1 Å². The molecule has 0 bridgehead atoms. The molecule has 3 aromatic rings. The number of carbonyl (C=O) groups excluding carboxylic acids is 2. The SMILES string of the molecule is Cc1ccc(NC(=O)COc2cccc(/C=C(\C#N)C(=O)Nc3ccc(F)cc3)c2)cc1Cl. The molecule has 0 radical (unpaired) electrons. The molecule has 166 valence electrons. The molecule has 3 aromatic carbocycles. The number of anilines is 2. The van der Waals surface area contributed by atoms with Gasteiger partial charge in [-0.1, -0.05) is 29.8 Å². The summed E-state index contributed by atoms with van der Waals surface area (Å²) in [5.74, 6) is -1.05. The van der Waals surface area contributed by atoms with Gasteiger partial charge in [-0.3, -0.25) is 9.59 Å². The molecule has 2 amide bonds. The van der Waals surface area contributed by atoms with Crippen LogP contribution in [0.4, 0.5) is 15.8 Å². The molecule has 0 fully saturated rings. The minimum atomic E-state index is -0.633. The zero-order valence-corrected chi connectivity index (χ0v) is 18.3. The lowest BCUT2D eigenvalue weighted by Crippen LogP contribution is -2.20. The molecule has 0 aliphatic rings. The summed E-state index contributed by atoms with van der Waals surface area (Å²) in [6.45, 7) is 1.62. The van der Waals surface area contributed by atoms with Crippen LogP contribution in [0.5, 0.6) is 5.75 Å². The quantitative estimate of drug-likeness (QED) is 0.365. The summed E-state index contributed by atoms with van der Waals surface area (Å²) >= 11 is 6.06. The molecule has 0 saturated carbocycles. The highest BCUT2D eigenvalue weighted by atomic mass is 35.5. The first-order valence-corrected chi connectivity index (χ1v) is 10.2. The van der Waals surface area contributed by atoms with Gasteiger partial charge in [-0.2, -0.15) is 5.26 Å². The van der Waals surface area contributed by atoms with Crippen molar-refractivity contribution in [1.82, 2.24) is 0 Å². The van der Waals surface area contributed by atoms with Crippen LogP contribution in [0.25, 0.3) is 6.08 Å². The second-order valence-electron chi connectivity index (χ2n) is 7.00. The predicted molar refractivity (Wildman–Crippen MR) is 125 cm³/mol. The Labute approximate surface area is 195 Å². The van der Waals surface area contributed by atoms with Gasteiger partial charge in [0.15, 0.2) is 6.61 Å². The van der Waals surface area contributed by atoms with E-state index in [1.54, 1.807) is 42.5 Å². The maximum absolute atomic E-state index is 13.0. The Morgan fingerprint density at radius 1 is 1.06 bits per heavy atom. The van der Waals surface area contributed by atoms with Gasteiger partial charge in [-0.15, -0.1) is 0 Å². The van der Waals surface area contributed by atoms with Crippen LogP contribution in [0.1, 0.15) is 11.1 Å². The van der Waals surface area contributed by atoms with Gasteiger partial charge in [0.2, 0.25) is 0 Å². The van der Waals surface area contributed by atoms with Crippen molar-refractivity contribution in [2.24, 2.45) is 0 Å². The van der Waals surface area contributed by atoms with Crippen LogP contribution in [0, 0.1) is 24.1 Å². The lowest BCUT2D eigenvalue weighted by molar-refractivity contribution is -0.118. The topological polar surface area (TPSA) is 91.2 Å². The van der Waals surface area contributed by atoms with Gasteiger partial charge in [0, 0.05) is 16.4 Å². The van der Waals surface area contributed by atoms with E-state index in [2.05, 4.69) is 10.6 Å². The normalized spacial score (nSPS) is 10.8. The molecule has 0 heterocycles. The minimum absolute atomic E-state index is 0.148. The Bertz CT molecular complexity index is 1250. The summed E-state index contributed by atoms with van der Waals surface area (Å²) in [7, 11) is 0. The fraction of sp³-hybridized carbons (Fsp3) is 0.0800. The molecule has 3 rings (SSSR count). The molecule has 0 aliphatic carbocycles. The van der Waals surface area contributed by atoms with Crippen molar-refractivity contribution in [2.45, 2.75) is 6.92 Å². The van der Waals surface area contributed by atoms with Crippen LogP contribution >= 0.6 is 11.6 Å². The predicted octanol–water partition coefficient (Wildman–Crippen LogP) is 5.35. The molecule has 33 heavy (non-hydrogen) atoms. The van der Waals surface area contributed by atoms with Crippen molar-refractivity contribution < 1.29 is 18.7 Å². The molecule has 2 N–H and O–H groups in total. The maximum atomic E-state index is 13.0. The van der Waals surface area contributed by atoms with E-state index in [1.807, 2.05) is 13.0 Å². The summed E-state index contributed by atoms with van der Waals surface area (Å²) in [5.41, 5.74) is 2.20. The smallest absolute Gasteiger partial charge is 0.266 e. The number of hydrogen-bond acceptors (Lipinski definition) is 4. The summed E-state index contributed by atoms with van der Waals surface area (Å²) in [6.07, 6.45) is 1.39. The zero-order valence-electron chi connectivity index (χ0n) is 17.6. The molecule has 8 heteroatoms. The van der Waals surface area contributed by atoms with Crippen LogP contribution in [-0.2, 0) is 9.59 Å². The molecular formula is C25H19ClFN3O3. The number of nitrogens with one attached hydrogen (secondary N) is 2. The Kier molecular flexibility index (Phi) is 7.79. The average molecular weight is 464 g/mol. The molecule has 0 aliphatic heterocycles. The molecule has 0 aromatic heterocycles. The summed E-state index contributed by atoms with van der Waals surface area (Å²) < 4.78 is 18.5. The lowest BCUT2D eigenvalue weighted by Gasteiger charge is -2.09. The van der Waals surface area contributed by atoms with Crippen molar-refractivity contribution >= 4 is 40.9 Å². The summed E-state index contributed by atoms with van der Waals surface area (Å²) in [4.78, 5) is 24.5. The number of aryl methyl sites for hydroxylation is 1. The van der Waals surface area contributed by atoms with Gasteiger partial charge < -0.3 is 15.4 Å². The second-order valence-corrected chi connectivity index (χ2v) is 7.41. The van der Waals surface area contributed by atoms with Crippen LogP contribution in [0.15, 0.2) is 72.3 Å². The molecule has 0 spiro atoms. The maximum Gasteiger partial charge on any atom is 0.266 e. The first-order chi connectivity index (χ1) is 15.8. The highest BCUT2D eigenvalue weighted by molar-refractivity contribution is 6.31. The van der Waals surface area contributed by atoms with Gasteiger partial charge in [0.05, 0.1) is 0 Å². The van der Waals surface area contributed by atoms with Crippen molar-refractivity contribution in [3.8, 4) is 11.8 Å². The van der Waals surface area contributed by atoms with Crippen LogP contribution in [0.3, 0.4) is 0 Å².